The molecule has 6 nitrogen and oxygen atoms in total. The second-order valence-electron chi connectivity index (χ2n) is 6.31. The Morgan fingerprint density at radius 3 is 2.59 bits per heavy atom. The molecule has 0 aromatic heterocycles. The fourth-order valence-electron chi connectivity index (χ4n) is 2.72. The van der Waals surface area contributed by atoms with E-state index in [1.807, 2.05) is 0 Å². The van der Waals surface area contributed by atoms with Crippen LogP contribution in [0.2, 0.25) is 0 Å². The molecule has 27 heavy (non-hydrogen) atoms. The van der Waals surface area contributed by atoms with Gasteiger partial charge in [0.15, 0.2) is 17.1 Å². The quantitative estimate of drug-likeness (QED) is 0.832. The van der Waals surface area contributed by atoms with Gasteiger partial charge in [-0.1, -0.05) is 11.2 Å². The standard InChI is InChI=1S/C19H17F2NO5/c1-19(9-14(22-27-19)17-12(20)4-3-5-13(17)21)10-26-16-8-11(18(23)24)6-7-15(16)25-2/h3-8H,9-10H2,1-2H3,(H,23,24). The lowest BCUT2D eigenvalue weighted by atomic mass is 9.96. The van der Waals surface area contributed by atoms with Crippen molar-refractivity contribution in [3.8, 4) is 11.5 Å². The van der Waals surface area contributed by atoms with Crippen molar-refractivity contribution >= 4 is 11.7 Å². The van der Waals surface area contributed by atoms with Crippen LogP contribution >= 0.6 is 0 Å². The van der Waals surface area contributed by atoms with Gasteiger partial charge in [0.25, 0.3) is 0 Å². The lowest BCUT2D eigenvalue weighted by Crippen LogP contribution is -2.33. The molecule has 1 unspecified atom stereocenters. The lowest BCUT2D eigenvalue weighted by Gasteiger charge is -2.22. The fraction of sp³-hybridized carbons (Fsp3) is 0.263. The number of nitrogens with zero attached hydrogens (tertiary/aromatic N) is 1. The Labute approximate surface area is 154 Å². The highest BCUT2D eigenvalue weighted by molar-refractivity contribution is 6.02. The molecule has 1 aliphatic heterocycles. The highest BCUT2D eigenvalue weighted by atomic mass is 19.1. The van der Waals surface area contributed by atoms with E-state index in [9.17, 15) is 13.6 Å². The zero-order chi connectivity index (χ0) is 19.6. The monoisotopic (exact) mass is 377 g/mol. The molecule has 0 bridgehead atoms. The summed E-state index contributed by atoms with van der Waals surface area (Å²) in [5, 5.41) is 12.9. The Morgan fingerprint density at radius 1 is 1.26 bits per heavy atom. The van der Waals surface area contributed by atoms with E-state index in [1.165, 1.54) is 31.4 Å². The number of carboxylic acid groups (broad SMARTS) is 1. The molecular formula is C19H17F2NO5. The van der Waals surface area contributed by atoms with Gasteiger partial charge in [-0.05, 0) is 37.3 Å². The van der Waals surface area contributed by atoms with Crippen LogP contribution in [0.1, 0.15) is 29.3 Å². The SMILES string of the molecule is COc1ccc(C(=O)O)cc1OCC1(C)CC(c2c(F)cccc2F)=NO1. The molecule has 0 amide bonds. The van der Waals surface area contributed by atoms with Gasteiger partial charge in [-0.25, -0.2) is 13.6 Å². The molecule has 1 aliphatic rings. The minimum Gasteiger partial charge on any atom is -0.493 e. The number of benzene rings is 2. The normalized spacial score (nSPS) is 18.6. The molecule has 1 heterocycles. The highest BCUT2D eigenvalue weighted by Gasteiger charge is 2.38. The largest absolute Gasteiger partial charge is 0.493 e. The third-order valence-electron chi connectivity index (χ3n) is 4.11. The maximum absolute atomic E-state index is 13.9. The number of halogens is 2. The van der Waals surface area contributed by atoms with Crippen molar-refractivity contribution in [1.29, 1.82) is 0 Å². The summed E-state index contributed by atoms with van der Waals surface area (Å²) in [4.78, 5) is 16.5. The van der Waals surface area contributed by atoms with Gasteiger partial charge in [0.1, 0.15) is 18.2 Å². The molecule has 0 aliphatic carbocycles. The van der Waals surface area contributed by atoms with Crippen LogP contribution in [0.15, 0.2) is 41.6 Å². The van der Waals surface area contributed by atoms with Gasteiger partial charge in [0, 0.05) is 6.42 Å². The molecule has 3 rings (SSSR count). The molecular weight excluding hydrogens is 360 g/mol. The minimum atomic E-state index is -1.11. The summed E-state index contributed by atoms with van der Waals surface area (Å²) in [5.41, 5.74) is -1.03. The van der Waals surface area contributed by atoms with Crippen LogP contribution in [0.4, 0.5) is 8.78 Å². The Balaban J connectivity index is 1.75. The zero-order valence-electron chi connectivity index (χ0n) is 14.7. The predicted octanol–water partition coefficient (Wildman–Crippen LogP) is 3.63. The van der Waals surface area contributed by atoms with E-state index in [2.05, 4.69) is 5.16 Å². The van der Waals surface area contributed by atoms with Crippen molar-refractivity contribution < 1.29 is 33.0 Å². The van der Waals surface area contributed by atoms with Crippen LogP contribution in [-0.4, -0.2) is 36.1 Å². The zero-order valence-corrected chi connectivity index (χ0v) is 14.7. The number of hydrogen-bond acceptors (Lipinski definition) is 5. The van der Waals surface area contributed by atoms with Crippen LogP contribution in [0.25, 0.3) is 0 Å². The Bertz CT molecular complexity index is 895. The van der Waals surface area contributed by atoms with Crippen LogP contribution in [0.5, 0.6) is 11.5 Å². The van der Waals surface area contributed by atoms with Crippen molar-refractivity contribution in [3.63, 3.8) is 0 Å². The van der Waals surface area contributed by atoms with Crippen molar-refractivity contribution in [2.45, 2.75) is 18.9 Å². The number of carbonyl (C=O) groups is 1. The highest BCUT2D eigenvalue weighted by Crippen LogP contribution is 2.33. The minimum absolute atomic E-state index is 0.0322. The summed E-state index contributed by atoms with van der Waals surface area (Å²) in [6, 6.07) is 7.77. The summed E-state index contributed by atoms with van der Waals surface area (Å²) >= 11 is 0. The molecule has 142 valence electrons. The molecule has 2 aromatic rings. The van der Waals surface area contributed by atoms with E-state index in [-0.39, 0.29) is 35.6 Å². The number of hydrogen-bond donors (Lipinski definition) is 1. The topological polar surface area (TPSA) is 77.4 Å². The van der Waals surface area contributed by atoms with Gasteiger partial charge in [0.05, 0.1) is 23.9 Å². The van der Waals surface area contributed by atoms with Gasteiger partial charge in [-0.3, -0.25) is 0 Å². The van der Waals surface area contributed by atoms with Crippen molar-refractivity contribution in [3.05, 3.63) is 59.2 Å². The van der Waals surface area contributed by atoms with E-state index in [1.54, 1.807) is 6.92 Å². The van der Waals surface area contributed by atoms with Crippen LogP contribution in [0.3, 0.4) is 0 Å². The first kappa shape index (κ1) is 18.6. The summed E-state index contributed by atoms with van der Waals surface area (Å²) < 4.78 is 38.7. The molecule has 0 fully saturated rings. The molecule has 0 radical (unpaired) electrons. The van der Waals surface area contributed by atoms with Gasteiger partial charge in [-0.15, -0.1) is 0 Å². The molecule has 0 saturated heterocycles. The van der Waals surface area contributed by atoms with E-state index >= 15 is 0 Å². The first-order chi connectivity index (χ1) is 12.8. The molecule has 8 heteroatoms. The number of oxime groups is 1. The van der Waals surface area contributed by atoms with Crippen LogP contribution in [0, 0.1) is 11.6 Å². The first-order valence-electron chi connectivity index (χ1n) is 8.06. The van der Waals surface area contributed by atoms with E-state index in [0.717, 1.165) is 12.1 Å². The average molecular weight is 377 g/mol. The molecule has 0 saturated carbocycles. The van der Waals surface area contributed by atoms with Crippen molar-refractivity contribution in [2.24, 2.45) is 5.16 Å². The number of ether oxygens (including phenoxy) is 2. The maximum Gasteiger partial charge on any atom is 0.335 e. The fourth-order valence-corrected chi connectivity index (χ4v) is 2.72. The number of carboxylic acids is 1. The number of aromatic carboxylic acids is 1. The Kier molecular flexibility index (Phi) is 4.98. The van der Waals surface area contributed by atoms with E-state index in [0.29, 0.717) is 5.75 Å². The lowest BCUT2D eigenvalue weighted by molar-refractivity contribution is -0.0361. The molecule has 1 atom stereocenters. The summed E-state index contributed by atoms with van der Waals surface area (Å²) in [5.74, 6) is -1.99. The van der Waals surface area contributed by atoms with Gasteiger partial charge >= 0.3 is 5.97 Å². The summed E-state index contributed by atoms with van der Waals surface area (Å²) in [6.07, 6.45) is 0.117. The first-order valence-corrected chi connectivity index (χ1v) is 8.06. The second kappa shape index (κ2) is 7.22. The Morgan fingerprint density at radius 2 is 1.96 bits per heavy atom. The predicted molar refractivity (Wildman–Crippen MR) is 92.5 cm³/mol. The van der Waals surface area contributed by atoms with Gasteiger partial charge < -0.3 is 19.4 Å². The molecule has 1 N–H and O–H groups in total. The second-order valence-corrected chi connectivity index (χ2v) is 6.31. The number of methoxy groups -OCH3 is 1. The van der Waals surface area contributed by atoms with Gasteiger partial charge in [0.2, 0.25) is 0 Å². The average Bonchev–Trinajstić information content (AvgIpc) is 3.01. The summed E-state index contributed by atoms with van der Waals surface area (Å²) in [6.45, 7) is 1.64. The molecule has 2 aromatic carbocycles. The van der Waals surface area contributed by atoms with Gasteiger partial charge in [-0.2, -0.15) is 0 Å². The maximum atomic E-state index is 13.9. The van der Waals surface area contributed by atoms with Crippen LogP contribution < -0.4 is 9.47 Å². The third kappa shape index (κ3) is 3.84. The van der Waals surface area contributed by atoms with Crippen LogP contribution in [-0.2, 0) is 4.84 Å². The van der Waals surface area contributed by atoms with Crippen molar-refractivity contribution in [2.75, 3.05) is 13.7 Å². The van der Waals surface area contributed by atoms with Crippen molar-refractivity contribution in [1.82, 2.24) is 0 Å². The van der Waals surface area contributed by atoms with E-state index in [4.69, 9.17) is 19.4 Å². The number of rotatable bonds is 6. The van der Waals surface area contributed by atoms with E-state index < -0.39 is 23.2 Å². The third-order valence-corrected chi connectivity index (χ3v) is 4.11. The molecule has 0 spiro atoms. The summed E-state index contributed by atoms with van der Waals surface area (Å²) in [7, 11) is 1.43. The smallest absolute Gasteiger partial charge is 0.335 e. The Hall–Kier alpha value is -3.16.